The van der Waals surface area contributed by atoms with Crippen LogP contribution in [0.5, 0.6) is 0 Å². The number of rotatable bonds is 2. The molecule has 0 aliphatic carbocycles. The Hall–Kier alpha value is -1.09. The topological polar surface area (TPSA) is 28.6 Å². The lowest BCUT2D eigenvalue weighted by Crippen LogP contribution is -2.55. The van der Waals surface area contributed by atoms with Crippen molar-refractivity contribution in [3.05, 3.63) is 35.2 Å². The van der Waals surface area contributed by atoms with Crippen molar-refractivity contribution < 1.29 is 17.9 Å². The maximum absolute atomic E-state index is 13.0. The second-order valence-corrected chi connectivity index (χ2v) is 7.23. The van der Waals surface area contributed by atoms with E-state index in [4.69, 9.17) is 4.74 Å². The fourth-order valence-corrected chi connectivity index (χ4v) is 3.96. The van der Waals surface area contributed by atoms with Crippen molar-refractivity contribution in [1.82, 2.24) is 14.4 Å². The maximum atomic E-state index is 13.0. The van der Waals surface area contributed by atoms with Crippen molar-refractivity contribution in [3.8, 4) is 0 Å². The zero-order valence-electron chi connectivity index (χ0n) is 13.8. The molecule has 0 bridgehead atoms. The number of alkyl halides is 3. The summed E-state index contributed by atoms with van der Waals surface area (Å²) in [5.41, 5.74) is 2.92. The summed E-state index contributed by atoms with van der Waals surface area (Å²) in [4.78, 5) is 5.41. The number of ether oxygens (including phenoxy) is 1. The average molecular weight is 359 g/mol. The number of aromatic nitrogens is 1. The molecular formula is C16H20F3N3OS. The van der Waals surface area contributed by atoms with E-state index >= 15 is 0 Å². The Morgan fingerprint density at radius 1 is 1.21 bits per heavy atom. The van der Waals surface area contributed by atoms with Crippen LogP contribution < -0.4 is 0 Å². The van der Waals surface area contributed by atoms with E-state index < -0.39 is 18.4 Å². The van der Waals surface area contributed by atoms with E-state index in [0.717, 1.165) is 21.9 Å². The molecule has 0 radical (unpaired) electrons. The zero-order valence-corrected chi connectivity index (χ0v) is 14.6. The number of aryl methyl sites for hydroxylation is 2. The largest absolute Gasteiger partial charge is 0.415 e. The molecule has 8 heteroatoms. The lowest BCUT2D eigenvalue weighted by atomic mass is 10.2. The Bertz CT molecular complexity index is 630. The Morgan fingerprint density at radius 3 is 2.50 bits per heavy atom. The van der Waals surface area contributed by atoms with Crippen LogP contribution in [-0.4, -0.2) is 52.4 Å². The maximum Gasteiger partial charge on any atom is 0.415 e. The van der Waals surface area contributed by atoms with Crippen LogP contribution in [-0.2, 0) is 4.74 Å². The van der Waals surface area contributed by atoms with Gasteiger partial charge in [-0.05, 0) is 50.4 Å². The molecule has 0 spiro atoms. The van der Waals surface area contributed by atoms with Gasteiger partial charge in [0.2, 0.25) is 0 Å². The van der Waals surface area contributed by atoms with Crippen molar-refractivity contribution in [3.63, 3.8) is 0 Å². The molecule has 0 amide bonds. The lowest BCUT2D eigenvalue weighted by molar-refractivity contribution is -0.261. The third-order valence-electron chi connectivity index (χ3n) is 3.92. The van der Waals surface area contributed by atoms with E-state index in [0.29, 0.717) is 13.1 Å². The summed E-state index contributed by atoms with van der Waals surface area (Å²) in [6, 6.07) is 3.99. The molecule has 2 aliphatic rings. The van der Waals surface area contributed by atoms with Gasteiger partial charge in [0, 0.05) is 35.9 Å². The molecule has 1 aromatic heterocycles. The van der Waals surface area contributed by atoms with Gasteiger partial charge in [-0.3, -0.25) is 4.98 Å². The van der Waals surface area contributed by atoms with Gasteiger partial charge in [0.1, 0.15) is 0 Å². The third-order valence-corrected chi connectivity index (χ3v) is 5.11. The van der Waals surface area contributed by atoms with Crippen molar-refractivity contribution in [2.75, 3.05) is 19.6 Å². The molecule has 0 aromatic carbocycles. The van der Waals surface area contributed by atoms with Gasteiger partial charge in [0.15, 0.2) is 6.10 Å². The van der Waals surface area contributed by atoms with E-state index in [-0.39, 0.29) is 6.54 Å². The summed E-state index contributed by atoms with van der Waals surface area (Å²) in [6.45, 7) is 6.41. The van der Waals surface area contributed by atoms with Crippen LogP contribution >= 0.6 is 11.9 Å². The molecule has 1 fully saturated rings. The number of pyridine rings is 1. The number of hydrazine groups is 1. The third kappa shape index (κ3) is 3.93. The molecule has 3 heterocycles. The first-order valence-corrected chi connectivity index (χ1v) is 8.58. The number of nitrogens with zero attached hydrogens (tertiary/aromatic N) is 3. The minimum Gasteiger partial charge on any atom is -0.363 e. The number of hydrogen-bond acceptors (Lipinski definition) is 5. The van der Waals surface area contributed by atoms with E-state index in [2.05, 4.69) is 4.98 Å². The van der Waals surface area contributed by atoms with Crippen molar-refractivity contribution >= 4 is 16.9 Å². The summed E-state index contributed by atoms with van der Waals surface area (Å²) in [5.74, 6) is 0. The van der Waals surface area contributed by atoms with Gasteiger partial charge in [-0.25, -0.2) is 5.01 Å². The normalized spacial score (nSPS) is 26.7. The monoisotopic (exact) mass is 359 g/mol. The predicted molar refractivity (Wildman–Crippen MR) is 87.9 cm³/mol. The van der Waals surface area contributed by atoms with Crippen LogP contribution in [0.15, 0.2) is 18.2 Å². The molecular weight excluding hydrogens is 339 g/mol. The summed E-state index contributed by atoms with van der Waals surface area (Å²) >= 11 is 1.47. The van der Waals surface area contributed by atoms with Crippen LogP contribution in [0.25, 0.3) is 4.91 Å². The summed E-state index contributed by atoms with van der Waals surface area (Å²) in [7, 11) is 0. The van der Waals surface area contributed by atoms with E-state index in [1.54, 1.807) is 11.9 Å². The first kappa shape index (κ1) is 17.7. The van der Waals surface area contributed by atoms with E-state index in [1.165, 1.54) is 11.9 Å². The molecule has 2 unspecified atom stereocenters. The number of hydrogen-bond donors (Lipinski definition) is 0. The molecule has 0 N–H and O–H groups in total. The SMILES string of the molecule is Cc1cc(C2=CCN(N3CC(C)OC(C(F)(F)F)C3)S2)cc(C)n1. The van der Waals surface area contributed by atoms with Gasteiger partial charge in [0.05, 0.1) is 6.10 Å². The Labute approximate surface area is 143 Å². The highest BCUT2D eigenvalue weighted by molar-refractivity contribution is 8.06. The van der Waals surface area contributed by atoms with Gasteiger partial charge in [-0.1, -0.05) is 6.08 Å². The van der Waals surface area contributed by atoms with Crippen LogP contribution in [0.1, 0.15) is 23.9 Å². The molecule has 2 atom stereocenters. The van der Waals surface area contributed by atoms with Gasteiger partial charge in [-0.2, -0.15) is 17.6 Å². The van der Waals surface area contributed by atoms with Crippen molar-refractivity contribution in [2.24, 2.45) is 0 Å². The van der Waals surface area contributed by atoms with Crippen LogP contribution in [0, 0.1) is 13.8 Å². The van der Waals surface area contributed by atoms with E-state index in [9.17, 15) is 13.2 Å². The summed E-state index contributed by atoms with van der Waals surface area (Å²) < 4.78 is 46.0. The quantitative estimate of drug-likeness (QED) is 0.753. The fraction of sp³-hybridized carbons (Fsp3) is 0.562. The number of halogens is 3. The second kappa shape index (κ2) is 6.67. The van der Waals surface area contributed by atoms with Gasteiger partial charge >= 0.3 is 6.18 Å². The van der Waals surface area contributed by atoms with Crippen molar-refractivity contribution in [1.29, 1.82) is 0 Å². The molecule has 1 saturated heterocycles. The minimum absolute atomic E-state index is 0.170. The molecule has 3 rings (SSSR count). The van der Waals surface area contributed by atoms with Crippen LogP contribution in [0.3, 0.4) is 0 Å². The highest BCUT2D eigenvalue weighted by Crippen LogP contribution is 2.39. The van der Waals surface area contributed by atoms with Crippen LogP contribution in [0.2, 0.25) is 0 Å². The Balaban J connectivity index is 1.70. The highest BCUT2D eigenvalue weighted by Gasteiger charge is 2.46. The standard InChI is InChI=1S/C16H20F3N3OS/c1-10-6-13(7-11(2)20-10)14-4-5-22(24-14)21-8-12(3)23-15(9-21)16(17,18)19/h4,6-7,12,15H,5,8-9H2,1-3H3. The molecule has 2 aliphatic heterocycles. The van der Waals surface area contributed by atoms with Gasteiger partial charge in [-0.15, -0.1) is 0 Å². The highest BCUT2D eigenvalue weighted by atomic mass is 32.2. The summed E-state index contributed by atoms with van der Waals surface area (Å²) in [5, 5.41) is 1.74. The van der Waals surface area contributed by atoms with Crippen LogP contribution in [0.4, 0.5) is 13.2 Å². The Kier molecular flexibility index (Phi) is 4.92. The minimum atomic E-state index is -4.34. The summed E-state index contributed by atoms with van der Waals surface area (Å²) in [6.07, 6.45) is -4.49. The molecule has 24 heavy (non-hydrogen) atoms. The first-order chi connectivity index (χ1) is 11.2. The molecule has 0 saturated carbocycles. The molecule has 132 valence electrons. The van der Waals surface area contributed by atoms with E-state index in [1.807, 2.05) is 36.5 Å². The zero-order chi connectivity index (χ0) is 17.5. The average Bonchev–Trinajstić information content (AvgIpc) is 2.94. The Morgan fingerprint density at radius 2 is 1.88 bits per heavy atom. The number of morpholine rings is 1. The molecule has 1 aromatic rings. The fourth-order valence-electron chi connectivity index (χ4n) is 2.96. The smallest absolute Gasteiger partial charge is 0.363 e. The predicted octanol–water partition coefficient (Wildman–Crippen LogP) is 3.57. The van der Waals surface area contributed by atoms with Crippen molar-refractivity contribution in [2.45, 2.75) is 39.2 Å². The first-order valence-electron chi connectivity index (χ1n) is 7.81. The molecule has 4 nitrogen and oxygen atoms in total. The lowest BCUT2D eigenvalue weighted by Gasteiger charge is -2.41. The second-order valence-electron chi connectivity index (χ2n) is 6.18. The van der Waals surface area contributed by atoms with Gasteiger partial charge in [0.25, 0.3) is 0 Å². The van der Waals surface area contributed by atoms with Gasteiger partial charge < -0.3 is 4.74 Å².